The third-order valence-corrected chi connectivity index (χ3v) is 3.12. The zero-order valence-electron chi connectivity index (χ0n) is 10.6. The van der Waals surface area contributed by atoms with E-state index in [0.717, 1.165) is 19.4 Å². The summed E-state index contributed by atoms with van der Waals surface area (Å²) in [5, 5.41) is 12.6. The van der Waals surface area contributed by atoms with Gasteiger partial charge in [0.25, 0.3) is 0 Å². The van der Waals surface area contributed by atoms with Crippen LogP contribution in [0.2, 0.25) is 0 Å². The number of methoxy groups -OCH3 is 1. The van der Waals surface area contributed by atoms with Crippen LogP contribution >= 0.6 is 0 Å². The number of hydrogen-bond donors (Lipinski definition) is 2. The molecule has 0 aromatic rings. The van der Waals surface area contributed by atoms with Crippen molar-refractivity contribution < 1.29 is 14.6 Å². The molecule has 4 heteroatoms. The van der Waals surface area contributed by atoms with Gasteiger partial charge in [-0.15, -0.1) is 0 Å². The third kappa shape index (κ3) is 4.37. The molecule has 0 saturated carbocycles. The number of nitrogens with one attached hydrogen (secondary N) is 1. The van der Waals surface area contributed by atoms with Crippen molar-refractivity contribution in [3.8, 4) is 0 Å². The molecule has 3 unspecified atom stereocenters. The van der Waals surface area contributed by atoms with Crippen molar-refractivity contribution in [2.45, 2.75) is 44.9 Å². The van der Waals surface area contributed by atoms with E-state index in [4.69, 9.17) is 9.47 Å². The zero-order chi connectivity index (χ0) is 12.0. The van der Waals surface area contributed by atoms with Crippen LogP contribution < -0.4 is 5.32 Å². The first-order chi connectivity index (χ1) is 7.67. The van der Waals surface area contributed by atoms with Gasteiger partial charge in [0.2, 0.25) is 0 Å². The first-order valence-electron chi connectivity index (χ1n) is 6.14. The molecule has 2 N–H and O–H groups in total. The molecular weight excluding hydrogens is 206 g/mol. The van der Waals surface area contributed by atoms with Crippen molar-refractivity contribution in [1.82, 2.24) is 5.32 Å². The van der Waals surface area contributed by atoms with Gasteiger partial charge >= 0.3 is 0 Å². The van der Waals surface area contributed by atoms with E-state index in [9.17, 15) is 5.11 Å². The largest absolute Gasteiger partial charge is 0.395 e. The Bertz CT molecular complexity index is 187. The van der Waals surface area contributed by atoms with Gasteiger partial charge in [-0.05, 0) is 18.8 Å². The van der Waals surface area contributed by atoms with Gasteiger partial charge in [-0.3, -0.25) is 0 Å². The van der Waals surface area contributed by atoms with Gasteiger partial charge in [-0.1, -0.05) is 13.8 Å². The second-order valence-corrected chi connectivity index (χ2v) is 4.88. The van der Waals surface area contributed by atoms with Gasteiger partial charge in [-0.2, -0.15) is 0 Å². The SMILES string of the molecule is COCC(CO)NC1CCOC(C(C)C)C1. The monoisotopic (exact) mass is 231 g/mol. The van der Waals surface area contributed by atoms with Crippen LogP contribution in [0.5, 0.6) is 0 Å². The number of hydrogen-bond acceptors (Lipinski definition) is 4. The topological polar surface area (TPSA) is 50.7 Å². The summed E-state index contributed by atoms with van der Waals surface area (Å²) in [4.78, 5) is 0. The molecule has 1 saturated heterocycles. The summed E-state index contributed by atoms with van der Waals surface area (Å²) in [7, 11) is 1.66. The maximum Gasteiger partial charge on any atom is 0.0638 e. The standard InChI is InChI=1S/C12H25NO3/c1-9(2)12-6-10(4-5-16-12)13-11(7-14)8-15-3/h9-14H,4-8H2,1-3H3. The van der Waals surface area contributed by atoms with Crippen LogP contribution in [0.15, 0.2) is 0 Å². The summed E-state index contributed by atoms with van der Waals surface area (Å²) < 4.78 is 10.8. The van der Waals surface area contributed by atoms with E-state index >= 15 is 0 Å². The molecule has 0 radical (unpaired) electrons. The van der Waals surface area contributed by atoms with Crippen LogP contribution in [0.1, 0.15) is 26.7 Å². The van der Waals surface area contributed by atoms with Crippen molar-refractivity contribution in [1.29, 1.82) is 0 Å². The van der Waals surface area contributed by atoms with E-state index in [-0.39, 0.29) is 12.6 Å². The molecular formula is C12H25NO3. The van der Waals surface area contributed by atoms with E-state index in [1.165, 1.54) is 0 Å². The van der Waals surface area contributed by atoms with Gasteiger partial charge in [0.1, 0.15) is 0 Å². The summed E-state index contributed by atoms with van der Waals surface area (Å²) in [5.74, 6) is 0.555. The van der Waals surface area contributed by atoms with Crippen LogP contribution in [-0.2, 0) is 9.47 Å². The van der Waals surface area contributed by atoms with Crippen molar-refractivity contribution in [2.75, 3.05) is 26.9 Å². The highest BCUT2D eigenvalue weighted by Crippen LogP contribution is 2.20. The Balaban J connectivity index is 2.35. The molecule has 0 amide bonds. The summed E-state index contributed by atoms with van der Waals surface area (Å²) in [6, 6.07) is 0.481. The molecule has 0 aliphatic carbocycles. The van der Waals surface area contributed by atoms with Gasteiger partial charge in [0.15, 0.2) is 0 Å². The Morgan fingerprint density at radius 2 is 2.25 bits per heavy atom. The lowest BCUT2D eigenvalue weighted by molar-refractivity contribution is -0.0287. The average molecular weight is 231 g/mol. The highest BCUT2D eigenvalue weighted by Gasteiger charge is 2.26. The third-order valence-electron chi connectivity index (χ3n) is 3.12. The molecule has 1 heterocycles. The van der Waals surface area contributed by atoms with Crippen LogP contribution in [0, 0.1) is 5.92 Å². The highest BCUT2D eigenvalue weighted by molar-refractivity contribution is 4.81. The molecule has 4 nitrogen and oxygen atoms in total. The van der Waals surface area contributed by atoms with Crippen molar-refractivity contribution in [2.24, 2.45) is 5.92 Å². The van der Waals surface area contributed by atoms with E-state index < -0.39 is 0 Å². The number of ether oxygens (including phenoxy) is 2. The Labute approximate surface area is 98.3 Å². The van der Waals surface area contributed by atoms with Crippen LogP contribution in [-0.4, -0.2) is 50.2 Å². The summed E-state index contributed by atoms with van der Waals surface area (Å²) in [6.07, 6.45) is 2.38. The van der Waals surface area contributed by atoms with Crippen LogP contribution in [0.4, 0.5) is 0 Å². The van der Waals surface area contributed by atoms with Gasteiger partial charge in [0.05, 0.1) is 25.4 Å². The lowest BCUT2D eigenvalue weighted by atomic mass is 9.95. The summed E-state index contributed by atoms with van der Waals surface area (Å²) >= 11 is 0. The lowest BCUT2D eigenvalue weighted by Gasteiger charge is -2.34. The Kier molecular flexibility index (Phi) is 6.28. The van der Waals surface area contributed by atoms with Crippen molar-refractivity contribution in [3.63, 3.8) is 0 Å². The maximum absolute atomic E-state index is 9.19. The summed E-state index contributed by atoms with van der Waals surface area (Å²) in [5.41, 5.74) is 0. The molecule has 0 aromatic carbocycles. The van der Waals surface area contributed by atoms with E-state index in [2.05, 4.69) is 19.2 Å². The number of rotatable bonds is 6. The second kappa shape index (κ2) is 7.22. The quantitative estimate of drug-likeness (QED) is 0.709. The molecule has 0 aromatic heterocycles. The van der Waals surface area contributed by atoms with Gasteiger partial charge in [-0.25, -0.2) is 0 Å². The van der Waals surface area contributed by atoms with Crippen LogP contribution in [0.25, 0.3) is 0 Å². The molecule has 1 rings (SSSR count). The van der Waals surface area contributed by atoms with Gasteiger partial charge in [0, 0.05) is 19.8 Å². The van der Waals surface area contributed by atoms with Gasteiger partial charge < -0.3 is 19.9 Å². The first kappa shape index (κ1) is 13.9. The summed E-state index contributed by atoms with van der Waals surface area (Å²) in [6.45, 7) is 5.86. The normalized spacial score (nSPS) is 28.3. The molecule has 0 bridgehead atoms. The molecule has 1 fully saturated rings. The fraction of sp³-hybridized carbons (Fsp3) is 1.00. The molecule has 1 aliphatic rings. The predicted molar refractivity (Wildman–Crippen MR) is 63.5 cm³/mol. The second-order valence-electron chi connectivity index (χ2n) is 4.88. The van der Waals surface area contributed by atoms with Crippen molar-refractivity contribution in [3.05, 3.63) is 0 Å². The van der Waals surface area contributed by atoms with E-state index in [1.807, 2.05) is 0 Å². The Hall–Kier alpha value is -0.160. The average Bonchev–Trinajstić information content (AvgIpc) is 2.29. The lowest BCUT2D eigenvalue weighted by Crippen LogP contribution is -2.48. The number of aliphatic hydroxyl groups is 1. The minimum Gasteiger partial charge on any atom is -0.395 e. The zero-order valence-corrected chi connectivity index (χ0v) is 10.6. The van der Waals surface area contributed by atoms with E-state index in [0.29, 0.717) is 24.7 Å². The number of aliphatic hydroxyl groups excluding tert-OH is 1. The first-order valence-corrected chi connectivity index (χ1v) is 6.14. The van der Waals surface area contributed by atoms with E-state index in [1.54, 1.807) is 7.11 Å². The van der Waals surface area contributed by atoms with Crippen LogP contribution in [0.3, 0.4) is 0 Å². The molecule has 1 aliphatic heterocycles. The Morgan fingerprint density at radius 1 is 1.50 bits per heavy atom. The molecule has 16 heavy (non-hydrogen) atoms. The highest BCUT2D eigenvalue weighted by atomic mass is 16.5. The fourth-order valence-electron chi connectivity index (χ4n) is 2.13. The fourth-order valence-corrected chi connectivity index (χ4v) is 2.13. The molecule has 3 atom stereocenters. The Morgan fingerprint density at radius 3 is 2.81 bits per heavy atom. The molecule has 0 spiro atoms. The predicted octanol–water partition coefficient (Wildman–Crippen LogP) is 0.787. The van der Waals surface area contributed by atoms with Crippen molar-refractivity contribution >= 4 is 0 Å². The maximum atomic E-state index is 9.19. The minimum atomic E-state index is 0.0425. The smallest absolute Gasteiger partial charge is 0.0638 e. The molecule has 96 valence electrons. The minimum absolute atomic E-state index is 0.0425.